The van der Waals surface area contributed by atoms with Gasteiger partial charge in [0.25, 0.3) is 11.6 Å². The normalized spacial score (nSPS) is 11.9. The largest absolute Gasteiger partial charge is 0.396 e. The van der Waals surface area contributed by atoms with Crippen molar-refractivity contribution in [3.63, 3.8) is 0 Å². The van der Waals surface area contributed by atoms with E-state index in [2.05, 4.69) is 5.32 Å². The number of para-hydroxylation sites is 1. The Bertz CT molecular complexity index is 434. The fourth-order valence-corrected chi connectivity index (χ4v) is 1.51. The van der Waals surface area contributed by atoms with Crippen molar-refractivity contribution in [3.8, 4) is 0 Å². The molecule has 1 amide bonds. The van der Waals surface area contributed by atoms with E-state index in [0.717, 1.165) is 0 Å². The van der Waals surface area contributed by atoms with Crippen LogP contribution in [0, 0.1) is 16.0 Å². The number of rotatable bonds is 6. The Hall–Kier alpha value is -1.95. The van der Waals surface area contributed by atoms with E-state index in [4.69, 9.17) is 5.11 Å². The van der Waals surface area contributed by atoms with Gasteiger partial charge >= 0.3 is 0 Å². The standard InChI is InChI=1S/C12H16N2O4/c1-9(6-7-15)8-13-12(16)10-4-2-3-5-11(10)14(17)18/h2-5,9,15H,6-8H2,1H3,(H,13,16). The number of amides is 1. The number of nitrogens with one attached hydrogen (secondary N) is 1. The van der Waals surface area contributed by atoms with Crippen LogP contribution in [0.15, 0.2) is 24.3 Å². The molecule has 0 aliphatic rings. The van der Waals surface area contributed by atoms with E-state index in [9.17, 15) is 14.9 Å². The van der Waals surface area contributed by atoms with Crippen LogP contribution < -0.4 is 5.32 Å². The van der Waals surface area contributed by atoms with E-state index in [1.54, 1.807) is 6.07 Å². The maximum absolute atomic E-state index is 11.8. The van der Waals surface area contributed by atoms with Crippen molar-refractivity contribution >= 4 is 11.6 Å². The van der Waals surface area contributed by atoms with E-state index in [-0.39, 0.29) is 23.8 Å². The second-order valence-corrected chi connectivity index (χ2v) is 4.10. The highest BCUT2D eigenvalue weighted by Crippen LogP contribution is 2.17. The number of aliphatic hydroxyl groups excluding tert-OH is 1. The average Bonchev–Trinajstić information content (AvgIpc) is 2.36. The van der Waals surface area contributed by atoms with Gasteiger partial charge in [0.1, 0.15) is 5.56 Å². The van der Waals surface area contributed by atoms with Gasteiger partial charge in [-0.2, -0.15) is 0 Å². The molecule has 1 unspecified atom stereocenters. The van der Waals surface area contributed by atoms with E-state index in [1.807, 2.05) is 6.92 Å². The van der Waals surface area contributed by atoms with Crippen LogP contribution >= 0.6 is 0 Å². The van der Waals surface area contributed by atoms with Crippen molar-refractivity contribution in [2.24, 2.45) is 5.92 Å². The minimum Gasteiger partial charge on any atom is -0.396 e. The molecule has 0 fully saturated rings. The first-order valence-electron chi connectivity index (χ1n) is 5.68. The van der Waals surface area contributed by atoms with Crippen LogP contribution in [0.1, 0.15) is 23.7 Å². The third kappa shape index (κ3) is 3.81. The molecular formula is C12H16N2O4. The van der Waals surface area contributed by atoms with Crippen LogP contribution in [0.25, 0.3) is 0 Å². The summed E-state index contributed by atoms with van der Waals surface area (Å²) in [7, 11) is 0. The average molecular weight is 252 g/mol. The summed E-state index contributed by atoms with van der Waals surface area (Å²) >= 11 is 0. The van der Waals surface area contributed by atoms with Gasteiger partial charge in [0.05, 0.1) is 4.92 Å². The van der Waals surface area contributed by atoms with Crippen LogP contribution in [-0.2, 0) is 0 Å². The highest BCUT2D eigenvalue weighted by Gasteiger charge is 2.19. The number of nitro benzene ring substituents is 1. The number of benzene rings is 1. The molecule has 0 spiro atoms. The van der Waals surface area contributed by atoms with Crippen LogP contribution in [0.5, 0.6) is 0 Å². The van der Waals surface area contributed by atoms with Crippen LogP contribution in [0.4, 0.5) is 5.69 Å². The SMILES string of the molecule is CC(CCO)CNC(=O)c1ccccc1[N+](=O)[O-]. The first kappa shape index (κ1) is 14.1. The van der Waals surface area contributed by atoms with E-state index in [1.165, 1.54) is 18.2 Å². The Labute approximate surface area is 105 Å². The molecule has 0 aliphatic heterocycles. The molecule has 6 heteroatoms. The summed E-state index contributed by atoms with van der Waals surface area (Å²) in [4.78, 5) is 22.0. The number of aliphatic hydroxyl groups is 1. The molecule has 6 nitrogen and oxygen atoms in total. The molecule has 1 rings (SSSR count). The van der Waals surface area contributed by atoms with Crippen LogP contribution in [0.3, 0.4) is 0 Å². The maximum Gasteiger partial charge on any atom is 0.282 e. The molecule has 0 saturated heterocycles. The van der Waals surface area contributed by atoms with Crippen molar-refractivity contribution in [3.05, 3.63) is 39.9 Å². The molecule has 18 heavy (non-hydrogen) atoms. The molecule has 1 atom stereocenters. The highest BCUT2D eigenvalue weighted by atomic mass is 16.6. The number of nitrogens with zero attached hydrogens (tertiary/aromatic N) is 1. The van der Waals surface area contributed by atoms with Gasteiger partial charge < -0.3 is 10.4 Å². The lowest BCUT2D eigenvalue weighted by Crippen LogP contribution is -2.29. The van der Waals surface area contributed by atoms with Gasteiger partial charge in [-0.05, 0) is 18.4 Å². The summed E-state index contributed by atoms with van der Waals surface area (Å²) in [5.41, 5.74) is -0.150. The number of carbonyl (C=O) groups excluding carboxylic acids is 1. The van der Waals surface area contributed by atoms with E-state index in [0.29, 0.717) is 13.0 Å². The molecule has 0 bridgehead atoms. The first-order chi connectivity index (χ1) is 8.56. The molecule has 0 radical (unpaired) electrons. The van der Waals surface area contributed by atoms with Gasteiger partial charge in [0.2, 0.25) is 0 Å². The van der Waals surface area contributed by atoms with Gasteiger partial charge in [0.15, 0.2) is 0 Å². The molecule has 0 heterocycles. The molecule has 1 aromatic rings. The van der Waals surface area contributed by atoms with Crippen molar-refractivity contribution in [1.29, 1.82) is 0 Å². The summed E-state index contributed by atoms with van der Waals surface area (Å²) in [6.45, 7) is 2.32. The lowest BCUT2D eigenvalue weighted by atomic mass is 10.1. The van der Waals surface area contributed by atoms with Crippen molar-refractivity contribution in [2.75, 3.05) is 13.2 Å². The zero-order valence-electron chi connectivity index (χ0n) is 10.1. The zero-order chi connectivity index (χ0) is 13.5. The quantitative estimate of drug-likeness (QED) is 0.590. The fourth-order valence-electron chi connectivity index (χ4n) is 1.51. The molecule has 98 valence electrons. The summed E-state index contributed by atoms with van der Waals surface area (Å²) in [6, 6.07) is 5.82. The van der Waals surface area contributed by atoms with Crippen molar-refractivity contribution < 1.29 is 14.8 Å². The fraction of sp³-hybridized carbons (Fsp3) is 0.417. The van der Waals surface area contributed by atoms with Crippen LogP contribution in [-0.4, -0.2) is 29.1 Å². The van der Waals surface area contributed by atoms with Gasteiger partial charge in [-0.3, -0.25) is 14.9 Å². The number of hydrogen-bond donors (Lipinski definition) is 2. The topological polar surface area (TPSA) is 92.5 Å². The van der Waals surface area contributed by atoms with E-state index < -0.39 is 10.8 Å². The molecule has 0 aliphatic carbocycles. The molecular weight excluding hydrogens is 236 g/mol. The van der Waals surface area contributed by atoms with E-state index >= 15 is 0 Å². The van der Waals surface area contributed by atoms with Crippen molar-refractivity contribution in [1.82, 2.24) is 5.32 Å². The number of hydrogen-bond acceptors (Lipinski definition) is 4. The van der Waals surface area contributed by atoms with Gasteiger partial charge in [-0.25, -0.2) is 0 Å². The summed E-state index contributed by atoms with van der Waals surface area (Å²) in [6.07, 6.45) is 0.581. The Morgan fingerprint density at radius 2 is 2.17 bits per heavy atom. The Morgan fingerprint density at radius 1 is 1.50 bits per heavy atom. The minimum atomic E-state index is -0.577. The molecule has 0 aromatic heterocycles. The predicted molar refractivity (Wildman–Crippen MR) is 66.3 cm³/mol. The van der Waals surface area contributed by atoms with Gasteiger partial charge in [0, 0.05) is 19.2 Å². The third-order valence-corrected chi connectivity index (χ3v) is 2.58. The smallest absolute Gasteiger partial charge is 0.282 e. The number of carbonyl (C=O) groups is 1. The Balaban J connectivity index is 2.70. The first-order valence-corrected chi connectivity index (χ1v) is 5.68. The second kappa shape index (κ2) is 6.70. The molecule has 2 N–H and O–H groups in total. The Kier molecular flexibility index (Phi) is 5.26. The summed E-state index contributed by atoms with van der Waals surface area (Å²) in [5, 5.41) is 22.1. The molecule has 0 saturated carbocycles. The van der Waals surface area contributed by atoms with Crippen molar-refractivity contribution in [2.45, 2.75) is 13.3 Å². The van der Waals surface area contributed by atoms with Crippen LogP contribution in [0.2, 0.25) is 0 Å². The Morgan fingerprint density at radius 3 is 2.78 bits per heavy atom. The van der Waals surface area contributed by atoms with Gasteiger partial charge in [-0.1, -0.05) is 19.1 Å². The zero-order valence-corrected chi connectivity index (χ0v) is 10.1. The minimum absolute atomic E-state index is 0.0544. The third-order valence-electron chi connectivity index (χ3n) is 2.58. The monoisotopic (exact) mass is 252 g/mol. The van der Waals surface area contributed by atoms with Gasteiger partial charge in [-0.15, -0.1) is 0 Å². The second-order valence-electron chi connectivity index (χ2n) is 4.10. The maximum atomic E-state index is 11.8. The summed E-state index contributed by atoms with van der Waals surface area (Å²) < 4.78 is 0. The highest BCUT2D eigenvalue weighted by molar-refractivity contribution is 5.98. The number of nitro groups is 1. The lowest BCUT2D eigenvalue weighted by Gasteiger charge is -2.11. The lowest BCUT2D eigenvalue weighted by molar-refractivity contribution is -0.385. The predicted octanol–water partition coefficient (Wildman–Crippen LogP) is 1.34. The summed E-state index contributed by atoms with van der Waals surface area (Å²) in [5.74, 6) is -0.339. The molecule has 1 aromatic carbocycles.